The lowest BCUT2D eigenvalue weighted by Gasteiger charge is -2.17. The van der Waals surface area contributed by atoms with E-state index in [0.29, 0.717) is 0 Å². The van der Waals surface area contributed by atoms with Crippen LogP contribution in [0.4, 0.5) is 0 Å². The lowest BCUT2D eigenvalue weighted by atomic mass is 9.97. The highest BCUT2D eigenvalue weighted by molar-refractivity contribution is 6.32. The van der Waals surface area contributed by atoms with Crippen LogP contribution in [0.2, 0.25) is 5.02 Å². The highest BCUT2D eigenvalue weighted by atomic mass is 35.5. The maximum absolute atomic E-state index is 6.24. The lowest BCUT2D eigenvalue weighted by Crippen LogP contribution is -2.00. The van der Waals surface area contributed by atoms with Gasteiger partial charge in [0.25, 0.3) is 0 Å². The molecule has 0 bridgehead atoms. The first-order valence-corrected chi connectivity index (χ1v) is 5.24. The Hall–Kier alpha value is -0.690. The van der Waals surface area contributed by atoms with Gasteiger partial charge in [0.2, 0.25) is 0 Å². The van der Waals surface area contributed by atoms with E-state index >= 15 is 0 Å². The SMILES string of the molecule is CCc1c(C)c(Cl)c(C)c(C)c1OC. The molecule has 0 spiro atoms. The lowest BCUT2D eigenvalue weighted by molar-refractivity contribution is 0.406. The van der Waals surface area contributed by atoms with E-state index in [1.165, 1.54) is 5.56 Å². The Kier molecular flexibility index (Phi) is 3.43. The van der Waals surface area contributed by atoms with Gasteiger partial charge in [-0.3, -0.25) is 0 Å². The molecule has 1 aromatic carbocycles. The predicted octanol–water partition coefficient (Wildman–Crippen LogP) is 3.84. The van der Waals surface area contributed by atoms with Gasteiger partial charge in [-0.15, -0.1) is 0 Å². The summed E-state index contributed by atoms with van der Waals surface area (Å²) in [6.07, 6.45) is 0.954. The van der Waals surface area contributed by atoms with E-state index in [0.717, 1.165) is 33.9 Å². The van der Waals surface area contributed by atoms with Gasteiger partial charge in [0.05, 0.1) is 7.11 Å². The minimum Gasteiger partial charge on any atom is -0.496 e. The number of rotatable bonds is 2. The topological polar surface area (TPSA) is 9.23 Å². The van der Waals surface area contributed by atoms with Crippen molar-refractivity contribution in [2.24, 2.45) is 0 Å². The fourth-order valence-corrected chi connectivity index (χ4v) is 2.10. The number of ether oxygens (including phenoxy) is 1. The fourth-order valence-electron chi connectivity index (χ4n) is 1.85. The van der Waals surface area contributed by atoms with Gasteiger partial charge in [0, 0.05) is 5.02 Å². The van der Waals surface area contributed by atoms with Crippen LogP contribution in [-0.4, -0.2) is 7.11 Å². The Morgan fingerprint density at radius 1 is 1.07 bits per heavy atom. The Balaban J connectivity index is 3.57. The Bertz CT molecular complexity index is 321. The van der Waals surface area contributed by atoms with Crippen molar-refractivity contribution in [1.82, 2.24) is 0 Å². The van der Waals surface area contributed by atoms with Crippen LogP contribution < -0.4 is 4.74 Å². The minimum atomic E-state index is 0.875. The van der Waals surface area contributed by atoms with Crippen molar-refractivity contribution in [2.75, 3.05) is 7.11 Å². The van der Waals surface area contributed by atoms with Gasteiger partial charge in [-0.1, -0.05) is 18.5 Å². The van der Waals surface area contributed by atoms with Gasteiger partial charge < -0.3 is 4.74 Å². The first kappa shape index (κ1) is 11.4. The molecule has 0 aliphatic carbocycles. The monoisotopic (exact) mass is 212 g/mol. The van der Waals surface area contributed by atoms with Gasteiger partial charge in [-0.25, -0.2) is 0 Å². The summed E-state index contributed by atoms with van der Waals surface area (Å²) in [6, 6.07) is 0. The van der Waals surface area contributed by atoms with Gasteiger partial charge in [0.15, 0.2) is 0 Å². The maximum atomic E-state index is 6.24. The van der Waals surface area contributed by atoms with Crippen LogP contribution in [0.1, 0.15) is 29.2 Å². The molecule has 0 unspecified atom stereocenters. The van der Waals surface area contributed by atoms with Crippen molar-refractivity contribution >= 4 is 11.6 Å². The third kappa shape index (κ3) is 1.61. The van der Waals surface area contributed by atoms with Gasteiger partial charge in [-0.05, 0) is 49.4 Å². The van der Waals surface area contributed by atoms with Crippen molar-refractivity contribution in [3.63, 3.8) is 0 Å². The number of benzene rings is 1. The second-order valence-electron chi connectivity index (χ2n) is 3.55. The zero-order chi connectivity index (χ0) is 10.9. The van der Waals surface area contributed by atoms with Crippen LogP contribution in [0.15, 0.2) is 0 Å². The second-order valence-corrected chi connectivity index (χ2v) is 3.93. The van der Waals surface area contributed by atoms with Crippen molar-refractivity contribution < 1.29 is 4.74 Å². The first-order chi connectivity index (χ1) is 6.54. The number of hydrogen-bond acceptors (Lipinski definition) is 1. The summed E-state index contributed by atoms with van der Waals surface area (Å²) in [7, 11) is 1.72. The molecule has 1 nitrogen and oxygen atoms in total. The largest absolute Gasteiger partial charge is 0.496 e. The molecule has 0 saturated carbocycles. The molecule has 0 fully saturated rings. The van der Waals surface area contributed by atoms with E-state index in [1.54, 1.807) is 7.11 Å². The maximum Gasteiger partial charge on any atom is 0.125 e. The predicted molar refractivity (Wildman–Crippen MR) is 61.6 cm³/mol. The fraction of sp³-hybridized carbons (Fsp3) is 0.500. The third-order valence-electron chi connectivity index (χ3n) is 2.85. The summed E-state index contributed by atoms with van der Waals surface area (Å²) < 4.78 is 5.43. The number of hydrogen-bond donors (Lipinski definition) is 0. The van der Waals surface area contributed by atoms with E-state index < -0.39 is 0 Å². The first-order valence-electron chi connectivity index (χ1n) is 4.86. The van der Waals surface area contributed by atoms with Gasteiger partial charge >= 0.3 is 0 Å². The highest BCUT2D eigenvalue weighted by Crippen LogP contribution is 2.35. The van der Waals surface area contributed by atoms with E-state index in [-0.39, 0.29) is 0 Å². The average Bonchev–Trinajstić information content (AvgIpc) is 2.20. The molecule has 0 atom stereocenters. The summed E-state index contributed by atoms with van der Waals surface area (Å²) in [6.45, 7) is 8.26. The molecule has 0 aromatic heterocycles. The zero-order valence-electron chi connectivity index (χ0n) is 9.49. The molecule has 0 aliphatic heterocycles. The normalized spacial score (nSPS) is 10.4. The molecule has 0 saturated heterocycles. The smallest absolute Gasteiger partial charge is 0.125 e. The number of halogens is 1. The summed E-state index contributed by atoms with van der Waals surface area (Å²) in [5.41, 5.74) is 4.65. The van der Waals surface area contributed by atoms with E-state index in [4.69, 9.17) is 16.3 Å². The Morgan fingerprint density at radius 2 is 1.64 bits per heavy atom. The Labute approximate surface area is 91.0 Å². The van der Waals surface area contributed by atoms with Crippen LogP contribution >= 0.6 is 11.6 Å². The molecule has 0 aliphatic rings. The van der Waals surface area contributed by atoms with E-state index in [9.17, 15) is 0 Å². The van der Waals surface area contributed by atoms with Crippen LogP contribution in [0.25, 0.3) is 0 Å². The molecule has 2 heteroatoms. The quantitative estimate of drug-likeness (QED) is 0.724. The minimum absolute atomic E-state index is 0.875. The van der Waals surface area contributed by atoms with Gasteiger partial charge in [-0.2, -0.15) is 0 Å². The molecule has 78 valence electrons. The van der Waals surface area contributed by atoms with Crippen LogP contribution in [0.3, 0.4) is 0 Å². The van der Waals surface area contributed by atoms with Crippen molar-refractivity contribution in [3.05, 3.63) is 27.3 Å². The molecule has 1 rings (SSSR count). The van der Waals surface area contributed by atoms with Crippen LogP contribution in [0, 0.1) is 20.8 Å². The van der Waals surface area contributed by atoms with E-state index in [1.807, 2.05) is 6.92 Å². The summed E-state index contributed by atoms with van der Waals surface area (Å²) in [4.78, 5) is 0. The summed E-state index contributed by atoms with van der Waals surface area (Å²) in [5.74, 6) is 0.993. The van der Waals surface area contributed by atoms with Crippen LogP contribution in [0.5, 0.6) is 5.75 Å². The zero-order valence-corrected chi connectivity index (χ0v) is 10.2. The molecular formula is C12H17ClO. The average molecular weight is 213 g/mol. The second kappa shape index (κ2) is 4.22. The molecule has 0 amide bonds. The molecule has 0 N–H and O–H groups in total. The van der Waals surface area contributed by atoms with Crippen molar-refractivity contribution in [1.29, 1.82) is 0 Å². The van der Waals surface area contributed by atoms with Crippen molar-refractivity contribution in [3.8, 4) is 5.75 Å². The van der Waals surface area contributed by atoms with E-state index in [2.05, 4.69) is 20.8 Å². The molecule has 0 radical (unpaired) electrons. The molecule has 14 heavy (non-hydrogen) atoms. The summed E-state index contributed by atoms with van der Waals surface area (Å²) in [5, 5.41) is 0.875. The Morgan fingerprint density at radius 3 is 2.07 bits per heavy atom. The van der Waals surface area contributed by atoms with Crippen molar-refractivity contribution in [2.45, 2.75) is 34.1 Å². The molecule has 1 aromatic rings. The van der Waals surface area contributed by atoms with Crippen LogP contribution in [-0.2, 0) is 6.42 Å². The summed E-state index contributed by atoms with van der Waals surface area (Å²) >= 11 is 6.24. The molecule has 0 heterocycles. The highest BCUT2D eigenvalue weighted by Gasteiger charge is 2.14. The third-order valence-corrected chi connectivity index (χ3v) is 3.41. The number of methoxy groups -OCH3 is 1. The standard InChI is InChI=1S/C12H17ClO/c1-6-10-9(4)11(13)7(2)8(3)12(10)14-5/h6H2,1-5H3. The molecular weight excluding hydrogens is 196 g/mol. The van der Waals surface area contributed by atoms with Gasteiger partial charge in [0.1, 0.15) is 5.75 Å².